The smallest absolute Gasteiger partial charge is 0.462 e. The van der Waals surface area contributed by atoms with E-state index in [1.165, 1.54) is 83.5 Å². The minimum Gasteiger partial charge on any atom is -0.462 e. The lowest BCUT2D eigenvalue weighted by atomic mass is 9.85. The van der Waals surface area contributed by atoms with Crippen molar-refractivity contribution >= 4 is 27.6 Å². The maximum atomic E-state index is 13.0. The molecule has 0 heterocycles. The normalized spacial score (nSPS) is 22.1. The van der Waals surface area contributed by atoms with E-state index in [1.54, 1.807) is 0 Å². The molecule has 0 radical (unpaired) electrons. The summed E-state index contributed by atoms with van der Waals surface area (Å²) < 4.78 is 49.4. The predicted octanol–water partition coefficient (Wildman–Crippen LogP) is 8.95. The van der Waals surface area contributed by atoms with Gasteiger partial charge in [-0.1, -0.05) is 160 Å². The molecule has 63 heavy (non-hydrogen) atoms. The number of phosphoric ester groups is 2. The van der Waals surface area contributed by atoms with Crippen LogP contribution >= 0.6 is 15.6 Å². The fourth-order valence-corrected chi connectivity index (χ4v) is 8.83. The van der Waals surface area contributed by atoms with Gasteiger partial charge >= 0.3 is 27.6 Å². The standard InChI is InChI=1S/C45H84O16P2/c1-3-5-7-9-11-13-15-17-19-21-23-25-27-29-31-33-38(46)57-35-37(59-39(47)34-32-30-28-26-24-22-20-18-16-14-12-10-8-6-4-2)36-58-63(55,56)61-45-42(50)40(48)41(49)44(43(45)51)60-62(52,53)54/h11,13,17,19,37,40-45,48-51H,3-10,12,14-16,18,20-36H2,1-2H3,(H,55,56)(H2,52,53,54)/b13-11-,19-17-/t37-,40?,41?,42?,43?,44-,45+/m1/s1. The van der Waals surface area contributed by atoms with Gasteiger partial charge in [0.05, 0.1) is 6.61 Å². The summed E-state index contributed by atoms with van der Waals surface area (Å²) in [6.45, 7) is 3.08. The van der Waals surface area contributed by atoms with Crippen LogP contribution in [0.4, 0.5) is 0 Å². The van der Waals surface area contributed by atoms with E-state index in [-0.39, 0.29) is 12.8 Å². The van der Waals surface area contributed by atoms with Crippen molar-refractivity contribution in [1.82, 2.24) is 0 Å². The van der Waals surface area contributed by atoms with Crippen LogP contribution in [0.3, 0.4) is 0 Å². The molecule has 1 aliphatic rings. The highest BCUT2D eigenvalue weighted by Crippen LogP contribution is 2.49. The van der Waals surface area contributed by atoms with Gasteiger partial charge < -0.3 is 44.6 Å². The Morgan fingerprint density at radius 2 is 0.921 bits per heavy atom. The number of hydrogen-bond acceptors (Lipinski definition) is 13. The summed E-state index contributed by atoms with van der Waals surface area (Å²) in [5.74, 6) is -1.21. The van der Waals surface area contributed by atoms with Crippen LogP contribution in [0.2, 0.25) is 0 Å². The van der Waals surface area contributed by atoms with E-state index in [9.17, 15) is 44.0 Å². The molecule has 0 aromatic carbocycles. The van der Waals surface area contributed by atoms with Crippen molar-refractivity contribution in [2.24, 2.45) is 0 Å². The van der Waals surface area contributed by atoms with Gasteiger partial charge in [-0.25, -0.2) is 9.13 Å². The molecule has 0 aliphatic heterocycles. The Labute approximate surface area is 377 Å². The molecule has 18 heteroatoms. The molecule has 1 fully saturated rings. The third-order valence-corrected chi connectivity index (χ3v) is 12.5. The number of rotatable bonds is 40. The Morgan fingerprint density at radius 3 is 1.41 bits per heavy atom. The maximum absolute atomic E-state index is 13.0. The Bertz CT molecular complexity index is 1330. The summed E-state index contributed by atoms with van der Waals surface area (Å²) in [4.78, 5) is 54.2. The highest BCUT2D eigenvalue weighted by Gasteiger charge is 2.54. The molecule has 0 amide bonds. The van der Waals surface area contributed by atoms with Crippen LogP contribution in [0, 0.1) is 0 Å². The molecular weight excluding hydrogens is 858 g/mol. The molecule has 1 aliphatic carbocycles. The highest BCUT2D eigenvalue weighted by molar-refractivity contribution is 7.47. The van der Waals surface area contributed by atoms with Gasteiger partial charge in [-0.05, 0) is 44.9 Å². The number of unbranched alkanes of at least 4 members (excludes halogenated alkanes) is 22. The van der Waals surface area contributed by atoms with Gasteiger partial charge in [-0.15, -0.1) is 0 Å². The Morgan fingerprint density at radius 1 is 0.508 bits per heavy atom. The third-order valence-electron chi connectivity index (χ3n) is 11.0. The second-order valence-corrected chi connectivity index (χ2v) is 19.4. The number of allylic oxidation sites excluding steroid dienone is 4. The third kappa shape index (κ3) is 31.2. The van der Waals surface area contributed by atoms with Crippen molar-refractivity contribution in [2.45, 2.75) is 236 Å². The van der Waals surface area contributed by atoms with E-state index in [2.05, 4.69) is 42.7 Å². The molecule has 0 bridgehead atoms. The zero-order chi connectivity index (χ0) is 46.8. The zero-order valence-electron chi connectivity index (χ0n) is 38.3. The van der Waals surface area contributed by atoms with Gasteiger partial charge in [0.1, 0.15) is 43.2 Å². The van der Waals surface area contributed by atoms with Gasteiger partial charge in [-0.3, -0.25) is 23.2 Å². The minimum atomic E-state index is -5.36. The summed E-state index contributed by atoms with van der Waals surface area (Å²) in [5, 5.41) is 41.2. The second kappa shape index (κ2) is 36.6. The predicted molar refractivity (Wildman–Crippen MR) is 241 cm³/mol. The quantitative estimate of drug-likeness (QED) is 0.0131. The molecule has 370 valence electrons. The first-order chi connectivity index (χ1) is 30.1. The molecule has 0 spiro atoms. The van der Waals surface area contributed by atoms with E-state index >= 15 is 0 Å². The zero-order valence-corrected chi connectivity index (χ0v) is 40.1. The van der Waals surface area contributed by atoms with Crippen molar-refractivity contribution < 1.29 is 76.9 Å². The molecule has 7 N–H and O–H groups in total. The number of phosphoric acid groups is 2. The summed E-state index contributed by atoms with van der Waals surface area (Å²) in [5.41, 5.74) is 0. The number of esters is 2. The molecule has 16 nitrogen and oxygen atoms in total. The van der Waals surface area contributed by atoms with Gasteiger partial charge in [0.25, 0.3) is 0 Å². The highest BCUT2D eigenvalue weighted by atomic mass is 31.2. The lowest BCUT2D eigenvalue weighted by Gasteiger charge is -2.43. The van der Waals surface area contributed by atoms with E-state index in [1.807, 2.05) is 0 Å². The van der Waals surface area contributed by atoms with Crippen LogP contribution in [0.15, 0.2) is 24.3 Å². The summed E-state index contributed by atoms with van der Waals surface area (Å²) in [6.07, 6.45) is 22.7. The van der Waals surface area contributed by atoms with Crippen molar-refractivity contribution in [3.63, 3.8) is 0 Å². The van der Waals surface area contributed by atoms with Gasteiger partial charge in [0.2, 0.25) is 0 Å². The minimum absolute atomic E-state index is 0.0452. The van der Waals surface area contributed by atoms with Crippen molar-refractivity contribution in [3.8, 4) is 0 Å². The Balaban J connectivity index is 2.59. The lowest BCUT2D eigenvalue weighted by molar-refractivity contribution is -0.216. The van der Waals surface area contributed by atoms with Crippen LogP contribution in [0.1, 0.15) is 194 Å². The average molecular weight is 943 g/mol. The largest absolute Gasteiger partial charge is 0.472 e. The second-order valence-electron chi connectivity index (χ2n) is 16.8. The van der Waals surface area contributed by atoms with Crippen molar-refractivity contribution in [2.75, 3.05) is 13.2 Å². The first-order valence-electron chi connectivity index (χ1n) is 23.9. The topological polar surface area (TPSA) is 256 Å². The lowest BCUT2D eigenvalue weighted by Crippen LogP contribution is -2.64. The van der Waals surface area contributed by atoms with E-state index in [0.717, 1.165) is 70.6 Å². The fraction of sp³-hybridized carbons (Fsp3) is 0.867. The van der Waals surface area contributed by atoms with Crippen molar-refractivity contribution in [3.05, 3.63) is 24.3 Å². The molecule has 0 saturated heterocycles. The van der Waals surface area contributed by atoms with Crippen LogP contribution in [-0.4, -0.2) is 103 Å². The number of aliphatic hydroxyl groups excluding tert-OH is 4. The first-order valence-corrected chi connectivity index (χ1v) is 26.9. The van der Waals surface area contributed by atoms with Crippen LogP contribution in [0.5, 0.6) is 0 Å². The van der Waals surface area contributed by atoms with Crippen LogP contribution < -0.4 is 0 Å². The number of hydrogen-bond donors (Lipinski definition) is 7. The average Bonchev–Trinajstić information content (AvgIpc) is 3.23. The van der Waals surface area contributed by atoms with E-state index < -0.39 is 83.5 Å². The van der Waals surface area contributed by atoms with E-state index in [0.29, 0.717) is 12.8 Å². The molecule has 1 saturated carbocycles. The number of aliphatic hydroxyl groups is 4. The van der Waals surface area contributed by atoms with Gasteiger partial charge in [-0.2, -0.15) is 0 Å². The van der Waals surface area contributed by atoms with Crippen molar-refractivity contribution in [1.29, 1.82) is 0 Å². The summed E-state index contributed by atoms with van der Waals surface area (Å²) >= 11 is 0. The molecule has 0 aromatic heterocycles. The number of ether oxygens (including phenoxy) is 2. The SMILES string of the molecule is CCCCC/C=C\C/C=C\CCCCCCCC(=O)OC[C@H](COP(=O)(O)O[C@H]1C(O)C(O)C(O)[C@@H](OP(=O)(O)O)C1O)OC(=O)CCCCCCCCCCCCCCCCC. The fourth-order valence-electron chi connectivity index (χ4n) is 7.29. The van der Waals surface area contributed by atoms with Gasteiger partial charge in [0.15, 0.2) is 6.10 Å². The molecule has 0 aromatic rings. The first kappa shape index (κ1) is 59.5. The maximum Gasteiger partial charge on any atom is 0.472 e. The monoisotopic (exact) mass is 943 g/mol. The molecule has 8 atom stereocenters. The van der Waals surface area contributed by atoms with Crippen LogP contribution in [0.25, 0.3) is 0 Å². The summed E-state index contributed by atoms with van der Waals surface area (Å²) in [7, 11) is -10.7. The summed E-state index contributed by atoms with van der Waals surface area (Å²) in [6, 6.07) is 0. The molecular formula is C45H84O16P2. The molecule has 5 unspecified atom stereocenters. The Hall–Kier alpha value is -1.52. The number of carbonyl (C=O) groups is 2. The van der Waals surface area contributed by atoms with Gasteiger partial charge in [0, 0.05) is 12.8 Å². The Kier molecular flexibility index (Phi) is 34.5. The molecule has 1 rings (SSSR count). The van der Waals surface area contributed by atoms with Crippen LogP contribution in [-0.2, 0) is 41.8 Å². The van der Waals surface area contributed by atoms with E-state index in [4.69, 9.17) is 28.3 Å². The number of carbonyl (C=O) groups excluding carboxylic acids is 2.